The van der Waals surface area contributed by atoms with Crippen LogP contribution < -0.4 is 0 Å². The van der Waals surface area contributed by atoms with Crippen molar-refractivity contribution in [2.75, 3.05) is 19.8 Å². The molecule has 39 heavy (non-hydrogen) atoms. The van der Waals surface area contributed by atoms with Crippen molar-refractivity contribution >= 4 is 17.9 Å². The monoisotopic (exact) mass is 550 g/mol. The third kappa shape index (κ3) is 12.9. The van der Waals surface area contributed by atoms with E-state index in [0.29, 0.717) is 38.1 Å². The molecule has 226 valence electrons. The van der Waals surface area contributed by atoms with Crippen molar-refractivity contribution in [2.45, 2.75) is 125 Å². The molecule has 0 radical (unpaired) electrons. The highest BCUT2D eigenvalue weighted by Crippen LogP contribution is 2.34. The highest BCUT2D eigenvalue weighted by atomic mass is 16.5. The van der Waals surface area contributed by atoms with Crippen LogP contribution in [-0.2, 0) is 28.6 Å². The third-order valence-electron chi connectivity index (χ3n) is 8.41. The van der Waals surface area contributed by atoms with E-state index in [1.807, 2.05) is 6.08 Å². The molecule has 0 heterocycles. The Kier molecular flexibility index (Phi) is 18.9. The maximum Gasteiger partial charge on any atom is 0.313 e. The summed E-state index contributed by atoms with van der Waals surface area (Å²) in [5.41, 5.74) is 0. The first-order chi connectivity index (χ1) is 18.9. The molecule has 0 saturated heterocycles. The first kappa shape index (κ1) is 35.2. The van der Waals surface area contributed by atoms with E-state index in [2.05, 4.69) is 41.5 Å². The molecule has 0 aliphatic heterocycles. The molecule has 1 aliphatic carbocycles. The molecule has 0 aromatic heterocycles. The van der Waals surface area contributed by atoms with Crippen LogP contribution in [-0.4, -0.2) is 37.7 Å². The Morgan fingerprint density at radius 3 is 1.46 bits per heavy atom. The smallest absolute Gasteiger partial charge is 0.313 e. The van der Waals surface area contributed by atoms with Crippen LogP contribution in [0.1, 0.15) is 125 Å². The van der Waals surface area contributed by atoms with Gasteiger partial charge in [0.1, 0.15) is 0 Å². The van der Waals surface area contributed by atoms with E-state index < -0.39 is 35.7 Å². The average molecular weight is 551 g/mol. The van der Waals surface area contributed by atoms with Crippen LogP contribution in [0.25, 0.3) is 0 Å². The maximum atomic E-state index is 13.5. The zero-order valence-electron chi connectivity index (χ0n) is 25.9. The van der Waals surface area contributed by atoms with Crippen molar-refractivity contribution < 1.29 is 28.6 Å². The fraction of sp³-hybridized carbons (Fsp3) is 0.848. The minimum absolute atomic E-state index is 0.275. The lowest BCUT2D eigenvalue weighted by Gasteiger charge is -2.32. The highest BCUT2D eigenvalue weighted by molar-refractivity contribution is 5.89. The Hall–Kier alpha value is -1.85. The lowest BCUT2D eigenvalue weighted by Crippen LogP contribution is -2.43. The number of rotatable bonds is 21. The number of allylic oxidation sites excluding steroid dienone is 1. The van der Waals surface area contributed by atoms with E-state index in [0.717, 1.165) is 77.0 Å². The van der Waals surface area contributed by atoms with Gasteiger partial charge in [0.15, 0.2) is 0 Å². The topological polar surface area (TPSA) is 78.9 Å². The van der Waals surface area contributed by atoms with Crippen molar-refractivity contribution in [3.05, 3.63) is 12.2 Å². The second-order valence-corrected chi connectivity index (χ2v) is 11.5. The normalized spacial score (nSPS) is 21.1. The van der Waals surface area contributed by atoms with Crippen LogP contribution in [0.4, 0.5) is 0 Å². The van der Waals surface area contributed by atoms with E-state index in [-0.39, 0.29) is 5.92 Å². The molecule has 6 nitrogen and oxygen atoms in total. The summed E-state index contributed by atoms with van der Waals surface area (Å²) < 4.78 is 17.3. The largest absolute Gasteiger partial charge is 0.465 e. The molecule has 6 unspecified atom stereocenters. The maximum absolute atomic E-state index is 13.5. The first-order valence-electron chi connectivity index (χ1n) is 16.0. The van der Waals surface area contributed by atoms with Crippen molar-refractivity contribution in [1.29, 1.82) is 0 Å². The van der Waals surface area contributed by atoms with Crippen LogP contribution in [0.5, 0.6) is 0 Å². The molecule has 1 rings (SSSR count). The fourth-order valence-electron chi connectivity index (χ4n) is 5.26. The Morgan fingerprint density at radius 1 is 0.641 bits per heavy atom. The van der Waals surface area contributed by atoms with E-state index in [1.165, 1.54) is 0 Å². The quantitative estimate of drug-likeness (QED) is 0.0816. The van der Waals surface area contributed by atoms with Gasteiger partial charge in [-0.1, -0.05) is 111 Å². The highest BCUT2D eigenvalue weighted by Gasteiger charge is 2.46. The lowest BCUT2D eigenvalue weighted by atomic mass is 9.75. The average Bonchev–Trinajstić information content (AvgIpc) is 2.96. The Balaban J connectivity index is 3.03. The summed E-state index contributed by atoms with van der Waals surface area (Å²) in [7, 11) is 0. The number of ether oxygens (including phenoxy) is 3. The van der Waals surface area contributed by atoms with E-state index in [9.17, 15) is 14.4 Å². The van der Waals surface area contributed by atoms with Crippen LogP contribution >= 0.6 is 0 Å². The van der Waals surface area contributed by atoms with E-state index in [1.54, 1.807) is 6.08 Å². The van der Waals surface area contributed by atoms with Crippen molar-refractivity contribution in [1.82, 2.24) is 0 Å². The molecular weight excluding hydrogens is 492 g/mol. The van der Waals surface area contributed by atoms with Gasteiger partial charge < -0.3 is 14.2 Å². The van der Waals surface area contributed by atoms with Gasteiger partial charge in [-0.2, -0.15) is 0 Å². The molecule has 0 saturated carbocycles. The van der Waals surface area contributed by atoms with Crippen molar-refractivity contribution in [3.63, 3.8) is 0 Å². The van der Waals surface area contributed by atoms with Gasteiger partial charge >= 0.3 is 17.9 Å². The first-order valence-corrected chi connectivity index (χ1v) is 16.0. The molecule has 6 atom stereocenters. The van der Waals surface area contributed by atoms with Gasteiger partial charge in [0.25, 0.3) is 0 Å². The Bertz CT molecular complexity index is 717. The minimum Gasteiger partial charge on any atom is -0.465 e. The Labute approximate surface area is 239 Å². The second-order valence-electron chi connectivity index (χ2n) is 11.5. The van der Waals surface area contributed by atoms with Crippen LogP contribution in [0.3, 0.4) is 0 Å². The molecule has 1 aliphatic rings. The van der Waals surface area contributed by atoms with Gasteiger partial charge in [0.05, 0.1) is 37.6 Å². The standard InChI is InChI=1S/C33H58O6/c1-7-13-17-25(10-4)22-37-31(34)28-20-16-21-29(32(35)38-23-26(11-5)18-14-8-2)30(28)33(36)39-24-27(12-6)19-15-9-3/h16,20,25-30H,7-15,17-19,21-24H2,1-6H3. The van der Waals surface area contributed by atoms with Crippen LogP contribution in [0.15, 0.2) is 12.2 Å². The number of esters is 3. The second kappa shape index (κ2) is 21.0. The van der Waals surface area contributed by atoms with E-state index >= 15 is 0 Å². The predicted octanol–water partition coefficient (Wildman–Crippen LogP) is 8.07. The van der Waals surface area contributed by atoms with Gasteiger partial charge in [0.2, 0.25) is 0 Å². The zero-order valence-corrected chi connectivity index (χ0v) is 25.9. The number of carbonyl (C=O) groups excluding carboxylic acids is 3. The van der Waals surface area contributed by atoms with Gasteiger partial charge in [-0.25, -0.2) is 0 Å². The number of carbonyl (C=O) groups is 3. The summed E-state index contributed by atoms with van der Waals surface area (Å²) in [4.78, 5) is 40.2. The van der Waals surface area contributed by atoms with E-state index in [4.69, 9.17) is 14.2 Å². The summed E-state index contributed by atoms with van der Waals surface area (Å²) in [6.45, 7) is 13.8. The summed E-state index contributed by atoms with van der Waals surface area (Å²) in [6.07, 6.45) is 16.3. The molecule has 0 bridgehead atoms. The lowest BCUT2D eigenvalue weighted by molar-refractivity contribution is -0.169. The predicted molar refractivity (Wildman–Crippen MR) is 157 cm³/mol. The SMILES string of the molecule is CCCCC(CC)COC(=O)C1C=CCC(C(=O)OCC(CC)CCCC)C1C(=O)OCC(CC)CCCC. The summed E-state index contributed by atoms with van der Waals surface area (Å²) >= 11 is 0. The minimum atomic E-state index is -0.926. The molecule has 0 aromatic rings. The molecule has 0 aromatic carbocycles. The molecule has 0 spiro atoms. The Morgan fingerprint density at radius 2 is 1.05 bits per heavy atom. The fourth-order valence-corrected chi connectivity index (χ4v) is 5.26. The summed E-state index contributed by atoms with van der Waals surface area (Å²) in [5.74, 6) is -3.00. The molecule has 0 N–H and O–H groups in total. The van der Waals surface area contributed by atoms with Crippen molar-refractivity contribution in [3.8, 4) is 0 Å². The van der Waals surface area contributed by atoms with Gasteiger partial charge in [-0.05, 0) is 43.4 Å². The van der Waals surface area contributed by atoms with Gasteiger partial charge in [-0.3, -0.25) is 14.4 Å². The van der Waals surface area contributed by atoms with Crippen LogP contribution in [0.2, 0.25) is 0 Å². The third-order valence-corrected chi connectivity index (χ3v) is 8.41. The number of unbranched alkanes of at least 4 members (excludes halogenated alkanes) is 3. The molecule has 0 fully saturated rings. The number of hydrogen-bond acceptors (Lipinski definition) is 6. The summed E-state index contributed by atoms with van der Waals surface area (Å²) in [5, 5.41) is 0. The van der Waals surface area contributed by atoms with Crippen LogP contribution in [0, 0.1) is 35.5 Å². The zero-order chi connectivity index (χ0) is 29.0. The van der Waals surface area contributed by atoms with Gasteiger partial charge in [-0.15, -0.1) is 0 Å². The molecule has 0 amide bonds. The molecular formula is C33H58O6. The number of hydrogen-bond donors (Lipinski definition) is 0. The molecule has 6 heteroatoms. The summed E-state index contributed by atoms with van der Waals surface area (Å²) in [6, 6.07) is 0. The van der Waals surface area contributed by atoms with Gasteiger partial charge in [0, 0.05) is 0 Å². The van der Waals surface area contributed by atoms with Crippen molar-refractivity contribution in [2.24, 2.45) is 35.5 Å².